The Hall–Kier alpha value is -4.88. The van der Waals surface area contributed by atoms with Gasteiger partial charge in [0.05, 0.1) is 17.9 Å². The van der Waals surface area contributed by atoms with E-state index in [2.05, 4.69) is 4.98 Å². The number of aromatic nitrogens is 1. The summed E-state index contributed by atoms with van der Waals surface area (Å²) in [6.07, 6.45) is 0.731. The summed E-state index contributed by atoms with van der Waals surface area (Å²) in [6, 6.07) is 17.3. The Kier molecular flexibility index (Phi) is 8.13. The van der Waals surface area contributed by atoms with E-state index in [0.717, 1.165) is 0 Å². The highest BCUT2D eigenvalue weighted by molar-refractivity contribution is 7.85. The Morgan fingerprint density at radius 2 is 1.69 bits per heavy atom. The Labute approximate surface area is 239 Å². The zero-order chi connectivity index (χ0) is 29.9. The number of carboxylic acids is 1. The first-order valence-corrected chi connectivity index (χ1v) is 14.5. The summed E-state index contributed by atoms with van der Waals surface area (Å²) in [4.78, 5) is 30.3. The minimum atomic E-state index is -4.13. The molecule has 0 saturated heterocycles. The molecule has 0 aliphatic rings. The van der Waals surface area contributed by atoms with Crippen LogP contribution in [0, 0.1) is 0 Å². The van der Waals surface area contributed by atoms with Crippen molar-refractivity contribution in [3.8, 4) is 23.0 Å². The van der Waals surface area contributed by atoms with E-state index in [0.29, 0.717) is 48.5 Å². The number of aromatic carboxylic acids is 1. The Morgan fingerprint density at radius 3 is 2.43 bits per heavy atom. The standard InChI is InChI=1S/C29H26N2O10S/c32-21-6-8-22(9-7-21)39-13-1-11-31(12-2-14-42(36,37)38)20-5-3-18-15-23(29(35)41-26(18)17-20)27-30-24-16-19(28(33)34)4-10-25(24)40-27/h3-10,15-17,32H,1-2,11-14H2,(H,33,34)(H,36,37,38). The molecule has 13 heteroatoms. The van der Waals surface area contributed by atoms with Gasteiger partial charge in [-0.25, -0.2) is 14.6 Å². The predicted molar refractivity (Wildman–Crippen MR) is 154 cm³/mol. The number of fused-ring (bicyclic) bond motifs is 2. The van der Waals surface area contributed by atoms with Crippen molar-refractivity contribution in [3.05, 3.63) is 82.7 Å². The third kappa shape index (κ3) is 6.87. The number of phenols is 1. The van der Waals surface area contributed by atoms with Crippen LogP contribution in [-0.4, -0.2) is 59.6 Å². The van der Waals surface area contributed by atoms with Crippen molar-refractivity contribution < 1.29 is 41.5 Å². The van der Waals surface area contributed by atoms with Gasteiger partial charge in [-0.2, -0.15) is 8.42 Å². The molecule has 0 bridgehead atoms. The van der Waals surface area contributed by atoms with Crippen LogP contribution in [0.2, 0.25) is 0 Å². The summed E-state index contributed by atoms with van der Waals surface area (Å²) in [5.41, 5.74) is 0.958. The van der Waals surface area contributed by atoms with E-state index in [1.165, 1.54) is 30.3 Å². The van der Waals surface area contributed by atoms with E-state index in [-0.39, 0.29) is 40.3 Å². The number of ether oxygens (including phenoxy) is 1. The fourth-order valence-electron chi connectivity index (χ4n) is 4.42. The maximum atomic E-state index is 12.9. The molecule has 0 saturated carbocycles. The van der Waals surface area contributed by atoms with E-state index in [9.17, 15) is 28.2 Å². The number of oxazole rings is 1. The summed E-state index contributed by atoms with van der Waals surface area (Å²) < 4.78 is 48.7. The lowest BCUT2D eigenvalue weighted by atomic mass is 10.1. The highest BCUT2D eigenvalue weighted by Crippen LogP contribution is 2.28. The summed E-state index contributed by atoms with van der Waals surface area (Å²) in [7, 11) is -4.13. The molecule has 12 nitrogen and oxygen atoms in total. The third-order valence-corrected chi connectivity index (χ3v) is 7.26. The van der Waals surface area contributed by atoms with Gasteiger partial charge < -0.3 is 28.7 Å². The van der Waals surface area contributed by atoms with Gasteiger partial charge in [-0.1, -0.05) is 0 Å². The average molecular weight is 595 g/mol. The molecule has 5 rings (SSSR count). The lowest BCUT2D eigenvalue weighted by molar-refractivity contribution is 0.0697. The highest BCUT2D eigenvalue weighted by atomic mass is 32.2. The van der Waals surface area contributed by atoms with E-state index < -0.39 is 27.5 Å². The Balaban J connectivity index is 1.37. The van der Waals surface area contributed by atoms with Crippen molar-refractivity contribution >= 4 is 43.8 Å². The quantitative estimate of drug-likeness (QED) is 0.104. The largest absolute Gasteiger partial charge is 0.508 e. The molecule has 0 spiro atoms. The minimum Gasteiger partial charge on any atom is -0.508 e. The molecule has 0 unspecified atom stereocenters. The monoisotopic (exact) mass is 594 g/mol. The molecule has 0 atom stereocenters. The molecule has 2 heterocycles. The van der Waals surface area contributed by atoms with Crippen LogP contribution >= 0.6 is 0 Å². The Morgan fingerprint density at radius 1 is 0.929 bits per heavy atom. The van der Waals surface area contributed by atoms with Crippen LogP contribution in [-0.2, 0) is 10.1 Å². The second kappa shape index (κ2) is 11.9. The van der Waals surface area contributed by atoms with Crippen molar-refractivity contribution in [1.82, 2.24) is 4.98 Å². The number of carboxylic acid groups (broad SMARTS) is 1. The average Bonchev–Trinajstić information content (AvgIpc) is 3.37. The SMILES string of the molecule is O=C(O)c1ccc2oc(-c3cc4ccc(N(CCCOc5ccc(O)cc5)CCCS(=O)(=O)O)cc4oc3=O)nc2c1. The van der Waals surface area contributed by atoms with Gasteiger partial charge in [0.1, 0.15) is 28.2 Å². The van der Waals surface area contributed by atoms with Gasteiger partial charge in [-0.15, -0.1) is 0 Å². The van der Waals surface area contributed by atoms with Crippen LogP contribution in [0.3, 0.4) is 0 Å². The first-order chi connectivity index (χ1) is 20.1. The summed E-state index contributed by atoms with van der Waals surface area (Å²) in [5, 5.41) is 19.2. The number of benzene rings is 3. The number of anilines is 1. The van der Waals surface area contributed by atoms with E-state index in [4.69, 9.17) is 18.1 Å². The van der Waals surface area contributed by atoms with Gasteiger partial charge in [-0.3, -0.25) is 4.55 Å². The van der Waals surface area contributed by atoms with Crippen molar-refractivity contribution in [1.29, 1.82) is 0 Å². The fraction of sp³-hybridized carbons (Fsp3) is 0.207. The number of aromatic hydroxyl groups is 1. The molecule has 5 aromatic rings. The van der Waals surface area contributed by atoms with Crippen molar-refractivity contribution in [2.24, 2.45) is 0 Å². The number of nitrogens with zero attached hydrogens (tertiary/aromatic N) is 2. The normalized spacial score (nSPS) is 11.6. The maximum Gasteiger partial charge on any atom is 0.349 e. The van der Waals surface area contributed by atoms with Gasteiger partial charge in [-0.05, 0) is 73.5 Å². The van der Waals surface area contributed by atoms with Gasteiger partial charge >= 0.3 is 11.6 Å². The molecule has 0 amide bonds. The van der Waals surface area contributed by atoms with Crippen molar-refractivity contribution in [2.75, 3.05) is 30.3 Å². The van der Waals surface area contributed by atoms with E-state index in [1.807, 2.05) is 4.90 Å². The summed E-state index contributed by atoms with van der Waals surface area (Å²) in [6.45, 7) is 1.12. The molecular weight excluding hydrogens is 568 g/mol. The second-order valence-electron chi connectivity index (χ2n) is 9.50. The second-order valence-corrected chi connectivity index (χ2v) is 11.1. The molecule has 0 aliphatic heterocycles. The number of carbonyl (C=O) groups is 1. The fourth-order valence-corrected chi connectivity index (χ4v) is 4.91. The zero-order valence-electron chi connectivity index (χ0n) is 22.1. The van der Waals surface area contributed by atoms with Crippen LogP contribution in [0.5, 0.6) is 11.5 Å². The number of rotatable bonds is 12. The molecule has 218 valence electrons. The molecule has 2 aromatic heterocycles. The summed E-state index contributed by atoms with van der Waals surface area (Å²) in [5.74, 6) is -0.800. The summed E-state index contributed by atoms with van der Waals surface area (Å²) >= 11 is 0. The van der Waals surface area contributed by atoms with E-state index >= 15 is 0 Å². The van der Waals surface area contributed by atoms with Gasteiger partial charge in [0, 0.05) is 30.2 Å². The minimum absolute atomic E-state index is 0.00673. The predicted octanol–water partition coefficient (Wildman–Crippen LogP) is 4.56. The lowest BCUT2D eigenvalue weighted by Crippen LogP contribution is -2.28. The van der Waals surface area contributed by atoms with Crippen molar-refractivity contribution in [2.45, 2.75) is 12.8 Å². The van der Waals surface area contributed by atoms with Crippen molar-refractivity contribution in [3.63, 3.8) is 0 Å². The molecule has 0 radical (unpaired) electrons. The highest BCUT2D eigenvalue weighted by Gasteiger charge is 2.17. The smallest absolute Gasteiger partial charge is 0.349 e. The number of hydrogen-bond donors (Lipinski definition) is 3. The Bertz CT molecular complexity index is 1910. The molecule has 0 aliphatic carbocycles. The molecule has 3 aromatic carbocycles. The molecule has 0 fully saturated rings. The van der Waals surface area contributed by atoms with Gasteiger partial charge in [0.15, 0.2) is 5.58 Å². The topological polar surface area (TPSA) is 181 Å². The number of hydrogen-bond acceptors (Lipinski definition) is 10. The van der Waals surface area contributed by atoms with Gasteiger partial charge in [0.2, 0.25) is 5.89 Å². The first kappa shape index (κ1) is 28.6. The van der Waals surface area contributed by atoms with E-state index in [1.54, 1.807) is 36.4 Å². The lowest BCUT2D eigenvalue weighted by Gasteiger charge is -2.25. The first-order valence-electron chi connectivity index (χ1n) is 12.9. The maximum absolute atomic E-state index is 12.9. The zero-order valence-corrected chi connectivity index (χ0v) is 22.9. The molecule has 42 heavy (non-hydrogen) atoms. The number of phenolic OH excluding ortho intramolecular Hbond substituents is 1. The van der Waals surface area contributed by atoms with Crippen LogP contribution in [0.25, 0.3) is 33.5 Å². The van der Waals surface area contributed by atoms with Crippen LogP contribution in [0.4, 0.5) is 5.69 Å². The van der Waals surface area contributed by atoms with Gasteiger partial charge in [0.25, 0.3) is 10.1 Å². The van der Waals surface area contributed by atoms with Crippen LogP contribution < -0.4 is 15.3 Å². The molecular formula is C29H26N2O10S. The van der Waals surface area contributed by atoms with Crippen LogP contribution in [0.1, 0.15) is 23.2 Å². The third-order valence-electron chi connectivity index (χ3n) is 6.46. The van der Waals surface area contributed by atoms with Crippen LogP contribution in [0.15, 0.2) is 80.4 Å². The molecule has 3 N–H and O–H groups in total.